The molecule has 0 amide bonds. The van der Waals surface area contributed by atoms with Gasteiger partial charge in [0.2, 0.25) is 0 Å². The van der Waals surface area contributed by atoms with Crippen LogP contribution in [0.3, 0.4) is 0 Å². The lowest BCUT2D eigenvalue weighted by molar-refractivity contribution is -0.0135. The van der Waals surface area contributed by atoms with Crippen LogP contribution in [0.2, 0.25) is 0 Å². The van der Waals surface area contributed by atoms with Crippen LogP contribution in [0.1, 0.15) is 124 Å². The minimum Gasteiger partial charge on any atom is -0.247 e. The molecule has 3 unspecified atom stereocenters. The Bertz CT molecular complexity index is 449. The second-order valence-corrected chi connectivity index (χ2v) is 11.7. The molecule has 0 aromatic heterocycles. The van der Waals surface area contributed by atoms with Gasteiger partial charge in [-0.3, -0.25) is 0 Å². The SMILES string of the molecule is CCCCCCCC(C)C1C(F)CC(C2CCC(C3CCC(C)CC3)CC2)CC1F. The van der Waals surface area contributed by atoms with E-state index in [-0.39, 0.29) is 11.8 Å². The van der Waals surface area contributed by atoms with E-state index in [1.165, 1.54) is 77.0 Å². The highest BCUT2D eigenvalue weighted by Gasteiger charge is 2.44. The molecule has 3 atom stereocenters. The average molecular weight is 425 g/mol. The van der Waals surface area contributed by atoms with Crippen LogP contribution in [0.5, 0.6) is 0 Å². The first kappa shape index (κ1) is 24.5. The maximum absolute atomic E-state index is 15.1. The lowest BCUT2D eigenvalue weighted by Gasteiger charge is -2.44. The summed E-state index contributed by atoms with van der Waals surface area (Å²) in [5.41, 5.74) is 0. The molecule has 0 aromatic carbocycles. The highest BCUT2D eigenvalue weighted by Crippen LogP contribution is 2.48. The van der Waals surface area contributed by atoms with E-state index < -0.39 is 12.3 Å². The van der Waals surface area contributed by atoms with Crippen LogP contribution in [-0.4, -0.2) is 12.3 Å². The number of halogens is 2. The minimum atomic E-state index is -0.915. The normalized spacial score (nSPS) is 41.5. The van der Waals surface area contributed by atoms with Gasteiger partial charge >= 0.3 is 0 Å². The van der Waals surface area contributed by atoms with Crippen molar-refractivity contribution in [1.29, 1.82) is 0 Å². The summed E-state index contributed by atoms with van der Waals surface area (Å²) in [4.78, 5) is 0. The average Bonchev–Trinajstić information content (AvgIpc) is 2.74. The van der Waals surface area contributed by atoms with Gasteiger partial charge in [-0.25, -0.2) is 8.78 Å². The number of hydrogen-bond donors (Lipinski definition) is 0. The summed E-state index contributed by atoms with van der Waals surface area (Å²) in [6.07, 6.45) is 17.4. The first-order valence-electron chi connectivity index (χ1n) is 13.8. The third-order valence-corrected chi connectivity index (χ3v) is 9.52. The molecule has 0 N–H and O–H groups in total. The lowest BCUT2D eigenvalue weighted by Crippen LogP contribution is -2.42. The molecule has 0 spiro atoms. The third kappa shape index (κ3) is 6.68. The first-order valence-corrected chi connectivity index (χ1v) is 13.8. The van der Waals surface area contributed by atoms with Crippen LogP contribution in [0, 0.1) is 41.4 Å². The van der Waals surface area contributed by atoms with E-state index in [2.05, 4.69) is 20.8 Å². The highest BCUT2D eigenvalue weighted by molar-refractivity contribution is 4.93. The summed E-state index contributed by atoms with van der Waals surface area (Å²) in [5, 5.41) is 0. The Morgan fingerprint density at radius 2 is 1.13 bits per heavy atom. The van der Waals surface area contributed by atoms with Crippen LogP contribution in [-0.2, 0) is 0 Å². The molecule has 3 rings (SSSR count). The van der Waals surface area contributed by atoms with Crippen molar-refractivity contribution in [2.75, 3.05) is 0 Å². The first-order chi connectivity index (χ1) is 14.5. The fourth-order valence-electron chi connectivity index (χ4n) is 7.42. The Morgan fingerprint density at radius 3 is 1.67 bits per heavy atom. The maximum atomic E-state index is 15.1. The molecule has 176 valence electrons. The zero-order valence-electron chi connectivity index (χ0n) is 20.3. The van der Waals surface area contributed by atoms with E-state index >= 15 is 8.78 Å². The molecule has 3 fully saturated rings. The van der Waals surface area contributed by atoms with Crippen molar-refractivity contribution in [3.05, 3.63) is 0 Å². The number of unbranched alkanes of at least 4 members (excludes halogenated alkanes) is 4. The summed E-state index contributed by atoms with van der Waals surface area (Å²) < 4.78 is 30.3. The highest BCUT2D eigenvalue weighted by atomic mass is 19.1. The number of rotatable bonds is 9. The van der Waals surface area contributed by atoms with E-state index in [1.54, 1.807) is 0 Å². The molecule has 0 nitrogen and oxygen atoms in total. The molecule has 2 heteroatoms. The van der Waals surface area contributed by atoms with Crippen molar-refractivity contribution in [2.24, 2.45) is 41.4 Å². The summed E-state index contributed by atoms with van der Waals surface area (Å²) in [7, 11) is 0. The largest absolute Gasteiger partial charge is 0.247 e. The van der Waals surface area contributed by atoms with Gasteiger partial charge in [0.25, 0.3) is 0 Å². The van der Waals surface area contributed by atoms with E-state index in [0.29, 0.717) is 24.7 Å². The van der Waals surface area contributed by atoms with Gasteiger partial charge in [0, 0.05) is 5.92 Å². The number of hydrogen-bond acceptors (Lipinski definition) is 0. The van der Waals surface area contributed by atoms with Gasteiger partial charge in [-0.2, -0.15) is 0 Å². The summed E-state index contributed by atoms with van der Waals surface area (Å²) in [5.74, 6) is 3.52. The van der Waals surface area contributed by atoms with Gasteiger partial charge in [0.15, 0.2) is 0 Å². The van der Waals surface area contributed by atoms with Crippen LogP contribution in [0.25, 0.3) is 0 Å². The zero-order chi connectivity index (χ0) is 21.5. The molecule has 0 aromatic rings. The molecule has 3 aliphatic carbocycles. The Hall–Kier alpha value is -0.140. The van der Waals surface area contributed by atoms with Crippen molar-refractivity contribution in [2.45, 2.75) is 136 Å². The predicted molar refractivity (Wildman–Crippen MR) is 125 cm³/mol. The van der Waals surface area contributed by atoms with E-state index in [1.807, 2.05) is 0 Å². The molecule has 0 radical (unpaired) electrons. The van der Waals surface area contributed by atoms with Gasteiger partial charge in [-0.1, -0.05) is 72.1 Å². The van der Waals surface area contributed by atoms with Gasteiger partial charge in [0.1, 0.15) is 12.3 Å². The molecule has 3 aliphatic rings. The Kier molecular flexibility index (Phi) is 9.96. The van der Waals surface area contributed by atoms with Crippen molar-refractivity contribution >= 4 is 0 Å². The molecule has 0 bridgehead atoms. The van der Waals surface area contributed by atoms with Crippen molar-refractivity contribution in [1.82, 2.24) is 0 Å². The van der Waals surface area contributed by atoms with Gasteiger partial charge < -0.3 is 0 Å². The summed E-state index contributed by atoms with van der Waals surface area (Å²) in [6, 6.07) is 0. The van der Waals surface area contributed by atoms with E-state index in [0.717, 1.165) is 30.6 Å². The Balaban J connectivity index is 1.41. The quantitative estimate of drug-likeness (QED) is 0.323. The third-order valence-electron chi connectivity index (χ3n) is 9.52. The van der Waals surface area contributed by atoms with Crippen molar-refractivity contribution < 1.29 is 8.78 Å². The van der Waals surface area contributed by atoms with Gasteiger partial charge in [-0.15, -0.1) is 0 Å². The zero-order valence-corrected chi connectivity index (χ0v) is 20.3. The molecule has 3 saturated carbocycles. The van der Waals surface area contributed by atoms with Gasteiger partial charge in [0.05, 0.1) is 0 Å². The van der Waals surface area contributed by atoms with Crippen molar-refractivity contribution in [3.8, 4) is 0 Å². The fourth-order valence-corrected chi connectivity index (χ4v) is 7.42. The second-order valence-electron chi connectivity index (χ2n) is 11.7. The topological polar surface area (TPSA) is 0 Å². The molecular weight excluding hydrogens is 374 g/mol. The molecule has 30 heavy (non-hydrogen) atoms. The minimum absolute atomic E-state index is 0.196. The lowest BCUT2D eigenvalue weighted by atomic mass is 9.63. The van der Waals surface area contributed by atoms with Crippen molar-refractivity contribution in [3.63, 3.8) is 0 Å². The molecule has 0 aliphatic heterocycles. The summed E-state index contributed by atoms with van der Waals surface area (Å²) in [6.45, 7) is 6.74. The fraction of sp³-hybridized carbons (Fsp3) is 1.00. The second kappa shape index (κ2) is 12.2. The van der Waals surface area contributed by atoms with Crippen LogP contribution in [0.4, 0.5) is 8.78 Å². The van der Waals surface area contributed by atoms with E-state index in [9.17, 15) is 0 Å². The monoisotopic (exact) mass is 424 g/mol. The Labute approximate surface area is 186 Å². The molecular formula is C28H50F2. The maximum Gasteiger partial charge on any atom is 0.106 e. The Morgan fingerprint density at radius 1 is 0.667 bits per heavy atom. The summed E-state index contributed by atoms with van der Waals surface area (Å²) >= 11 is 0. The molecule has 0 heterocycles. The standard InChI is InChI=1S/C28H50F2/c1-4-5-6-7-8-9-21(3)28-26(29)18-25(19-27(28)30)24-16-14-23(15-17-24)22-12-10-20(2)11-13-22/h20-28H,4-19H2,1-3H3. The number of alkyl halides is 2. The smallest absolute Gasteiger partial charge is 0.106 e. The van der Waals surface area contributed by atoms with Crippen LogP contribution < -0.4 is 0 Å². The van der Waals surface area contributed by atoms with Crippen LogP contribution >= 0.6 is 0 Å². The van der Waals surface area contributed by atoms with Crippen LogP contribution in [0.15, 0.2) is 0 Å². The van der Waals surface area contributed by atoms with E-state index in [4.69, 9.17) is 0 Å². The predicted octanol–water partition coefficient (Wildman–Crippen LogP) is 9.32. The van der Waals surface area contributed by atoms with Gasteiger partial charge in [-0.05, 0) is 86.9 Å². The molecule has 0 saturated heterocycles.